The molecular formula is C22H24N2OS. The normalized spacial score (nSPS) is 10.5. The van der Waals surface area contributed by atoms with Gasteiger partial charge in [-0.15, -0.1) is 0 Å². The van der Waals surface area contributed by atoms with E-state index in [9.17, 15) is 4.79 Å². The largest absolute Gasteiger partial charge is 0.372 e. The zero-order chi connectivity index (χ0) is 18.4. The highest BCUT2D eigenvalue weighted by molar-refractivity contribution is 7.08. The van der Waals surface area contributed by atoms with Gasteiger partial charge in [-0.2, -0.15) is 11.3 Å². The summed E-state index contributed by atoms with van der Waals surface area (Å²) in [6.07, 6.45) is 0. The molecule has 0 saturated heterocycles. The Morgan fingerprint density at radius 3 is 2.19 bits per heavy atom. The predicted molar refractivity (Wildman–Crippen MR) is 111 cm³/mol. The van der Waals surface area contributed by atoms with Crippen LogP contribution in [0.25, 0.3) is 11.1 Å². The molecule has 0 aliphatic heterocycles. The van der Waals surface area contributed by atoms with E-state index in [1.807, 2.05) is 24.3 Å². The summed E-state index contributed by atoms with van der Waals surface area (Å²) in [5, 5.41) is 7.16. The summed E-state index contributed by atoms with van der Waals surface area (Å²) in [5.74, 6) is -0.0466. The van der Waals surface area contributed by atoms with Gasteiger partial charge in [0.1, 0.15) is 0 Å². The van der Waals surface area contributed by atoms with E-state index < -0.39 is 0 Å². The Bertz CT molecular complexity index is 820. The molecular weight excluding hydrogens is 340 g/mol. The number of nitrogens with zero attached hydrogens (tertiary/aromatic N) is 1. The van der Waals surface area contributed by atoms with E-state index in [0.29, 0.717) is 12.1 Å². The van der Waals surface area contributed by atoms with Crippen LogP contribution in [0.2, 0.25) is 0 Å². The molecule has 134 valence electrons. The maximum Gasteiger partial charge on any atom is 0.251 e. The standard InChI is InChI=1S/C22H24N2OS/c1-3-24(4-2)21-11-5-17(6-12-21)15-23-22(25)19-9-7-18(8-10-19)20-13-14-26-16-20/h5-14,16H,3-4,15H2,1-2H3,(H,23,25). The minimum Gasteiger partial charge on any atom is -0.372 e. The van der Waals surface area contributed by atoms with Gasteiger partial charge in [-0.05, 0) is 71.6 Å². The van der Waals surface area contributed by atoms with Gasteiger partial charge in [0.25, 0.3) is 5.91 Å². The van der Waals surface area contributed by atoms with E-state index in [0.717, 1.165) is 24.2 Å². The average Bonchev–Trinajstić information content (AvgIpc) is 3.23. The second kappa shape index (κ2) is 8.68. The molecule has 1 heterocycles. The fourth-order valence-electron chi connectivity index (χ4n) is 2.94. The van der Waals surface area contributed by atoms with Crippen molar-refractivity contribution in [2.24, 2.45) is 0 Å². The molecule has 3 aromatic rings. The molecule has 0 fully saturated rings. The molecule has 0 unspecified atom stereocenters. The van der Waals surface area contributed by atoms with Crippen molar-refractivity contribution in [2.45, 2.75) is 20.4 Å². The van der Waals surface area contributed by atoms with Crippen LogP contribution < -0.4 is 10.2 Å². The molecule has 1 amide bonds. The van der Waals surface area contributed by atoms with E-state index in [1.165, 1.54) is 11.3 Å². The Hall–Kier alpha value is -2.59. The Morgan fingerprint density at radius 1 is 0.923 bits per heavy atom. The van der Waals surface area contributed by atoms with Crippen molar-refractivity contribution in [1.29, 1.82) is 0 Å². The summed E-state index contributed by atoms with van der Waals surface area (Å²) in [7, 11) is 0. The monoisotopic (exact) mass is 364 g/mol. The number of thiophene rings is 1. The van der Waals surface area contributed by atoms with E-state index in [1.54, 1.807) is 11.3 Å². The van der Waals surface area contributed by atoms with Crippen LogP contribution >= 0.6 is 11.3 Å². The first kappa shape index (κ1) is 18.2. The lowest BCUT2D eigenvalue weighted by Gasteiger charge is -2.21. The summed E-state index contributed by atoms with van der Waals surface area (Å²) >= 11 is 1.67. The van der Waals surface area contributed by atoms with Crippen molar-refractivity contribution >= 4 is 22.9 Å². The molecule has 0 saturated carbocycles. The molecule has 3 nitrogen and oxygen atoms in total. The molecule has 26 heavy (non-hydrogen) atoms. The molecule has 0 aliphatic carbocycles. The second-order valence-corrected chi connectivity index (χ2v) is 6.89. The number of amides is 1. The molecule has 0 atom stereocenters. The molecule has 0 radical (unpaired) electrons. The van der Waals surface area contributed by atoms with Crippen LogP contribution in [0.4, 0.5) is 5.69 Å². The number of rotatable bonds is 7. The molecule has 1 N–H and O–H groups in total. The predicted octanol–water partition coefficient (Wildman–Crippen LogP) is 5.19. The van der Waals surface area contributed by atoms with Gasteiger partial charge < -0.3 is 10.2 Å². The van der Waals surface area contributed by atoms with Crippen LogP contribution in [-0.2, 0) is 6.54 Å². The van der Waals surface area contributed by atoms with Gasteiger partial charge in [0.05, 0.1) is 0 Å². The minimum atomic E-state index is -0.0466. The van der Waals surface area contributed by atoms with E-state index in [-0.39, 0.29) is 5.91 Å². The van der Waals surface area contributed by atoms with Crippen LogP contribution in [0.1, 0.15) is 29.8 Å². The first-order valence-corrected chi connectivity index (χ1v) is 9.90. The topological polar surface area (TPSA) is 32.3 Å². The van der Waals surface area contributed by atoms with Crippen molar-refractivity contribution in [3.63, 3.8) is 0 Å². The van der Waals surface area contributed by atoms with Crippen molar-refractivity contribution < 1.29 is 4.79 Å². The zero-order valence-electron chi connectivity index (χ0n) is 15.2. The van der Waals surface area contributed by atoms with Crippen LogP contribution in [0, 0.1) is 0 Å². The Morgan fingerprint density at radius 2 is 1.62 bits per heavy atom. The maximum atomic E-state index is 12.4. The summed E-state index contributed by atoms with van der Waals surface area (Å²) in [6.45, 7) is 6.83. The minimum absolute atomic E-state index is 0.0466. The number of nitrogens with one attached hydrogen (secondary N) is 1. The highest BCUT2D eigenvalue weighted by Crippen LogP contribution is 2.22. The fraction of sp³-hybridized carbons (Fsp3) is 0.227. The molecule has 0 spiro atoms. The van der Waals surface area contributed by atoms with Crippen LogP contribution in [-0.4, -0.2) is 19.0 Å². The third-order valence-electron chi connectivity index (χ3n) is 4.52. The number of benzene rings is 2. The number of hydrogen-bond donors (Lipinski definition) is 1. The van der Waals surface area contributed by atoms with Gasteiger partial charge in [0.15, 0.2) is 0 Å². The molecule has 1 aromatic heterocycles. The van der Waals surface area contributed by atoms with E-state index in [4.69, 9.17) is 0 Å². The number of hydrogen-bond acceptors (Lipinski definition) is 3. The van der Waals surface area contributed by atoms with Crippen molar-refractivity contribution in [2.75, 3.05) is 18.0 Å². The van der Waals surface area contributed by atoms with Gasteiger partial charge in [-0.3, -0.25) is 4.79 Å². The highest BCUT2D eigenvalue weighted by atomic mass is 32.1. The highest BCUT2D eigenvalue weighted by Gasteiger charge is 2.07. The molecule has 3 rings (SSSR count). The fourth-order valence-corrected chi connectivity index (χ4v) is 3.61. The Kier molecular flexibility index (Phi) is 6.08. The lowest BCUT2D eigenvalue weighted by molar-refractivity contribution is 0.0951. The maximum absolute atomic E-state index is 12.4. The summed E-state index contributed by atoms with van der Waals surface area (Å²) < 4.78 is 0. The van der Waals surface area contributed by atoms with Gasteiger partial charge in [0.2, 0.25) is 0 Å². The quantitative estimate of drug-likeness (QED) is 0.625. The van der Waals surface area contributed by atoms with Crippen molar-refractivity contribution in [3.05, 3.63) is 76.5 Å². The second-order valence-electron chi connectivity index (χ2n) is 6.11. The third kappa shape index (κ3) is 4.33. The van der Waals surface area contributed by atoms with Crippen molar-refractivity contribution in [3.8, 4) is 11.1 Å². The van der Waals surface area contributed by atoms with Crippen LogP contribution in [0.15, 0.2) is 65.4 Å². The van der Waals surface area contributed by atoms with E-state index in [2.05, 4.69) is 65.2 Å². The lowest BCUT2D eigenvalue weighted by Crippen LogP contribution is -2.23. The lowest BCUT2D eigenvalue weighted by atomic mass is 10.1. The SMILES string of the molecule is CCN(CC)c1ccc(CNC(=O)c2ccc(-c3ccsc3)cc2)cc1. The van der Waals surface area contributed by atoms with Gasteiger partial charge >= 0.3 is 0 Å². The van der Waals surface area contributed by atoms with Crippen LogP contribution in [0.3, 0.4) is 0 Å². The number of carbonyl (C=O) groups is 1. The van der Waals surface area contributed by atoms with Crippen molar-refractivity contribution in [1.82, 2.24) is 5.32 Å². The van der Waals surface area contributed by atoms with Gasteiger partial charge in [0, 0.05) is 30.9 Å². The Balaban J connectivity index is 1.58. The Labute approximate surface area is 159 Å². The van der Waals surface area contributed by atoms with Gasteiger partial charge in [-0.1, -0.05) is 24.3 Å². The molecule has 2 aromatic carbocycles. The average molecular weight is 365 g/mol. The molecule has 0 bridgehead atoms. The third-order valence-corrected chi connectivity index (χ3v) is 5.20. The van der Waals surface area contributed by atoms with Gasteiger partial charge in [-0.25, -0.2) is 0 Å². The summed E-state index contributed by atoms with van der Waals surface area (Å²) in [5.41, 5.74) is 5.33. The first-order valence-electron chi connectivity index (χ1n) is 8.96. The summed E-state index contributed by atoms with van der Waals surface area (Å²) in [6, 6.07) is 18.2. The molecule has 4 heteroatoms. The summed E-state index contributed by atoms with van der Waals surface area (Å²) in [4.78, 5) is 14.7. The smallest absolute Gasteiger partial charge is 0.251 e. The number of anilines is 1. The number of carbonyl (C=O) groups excluding carboxylic acids is 1. The molecule has 0 aliphatic rings. The first-order chi connectivity index (χ1) is 12.7. The van der Waals surface area contributed by atoms with E-state index >= 15 is 0 Å². The van der Waals surface area contributed by atoms with Crippen LogP contribution in [0.5, 0.6) is 0 Å². The zero-order valence-corrected chi connectivity index (χ0v) is 16.1.